The van der Waals surface area contributed by atoms with Crippen LogP contribution in [0.2, 0.25) is 0 Å². The van der Waals surface area contributed by atoms with Crippen LogP contribution in [0.5, 0.6) is 0 Å². The molecule has 8 nitrogen and oxygen atoms in total. The van der Waals surface area contributed by atoms with Crippen molar-refractivity contribution in [1.29, 1.82) is 0 Å². The van der Waals surface area contributed by atoms with Crippen LogP contribution in [0.3, 0.4) is 0 Å². The Hall–Kier alpha value is -2.79. The molecule has 0 amide bonds. The van der Waals surface area contributed by atoms with E-state index in [1.807, 2.05) is 0 Å². The van der Waals surface area contributed by atoms with Crippen LogP contribution in [0.15, 0.2) is 38.1 Å². The third-order valence-corrected chi connectivity index (χ3v) is 4.08. The Labute approximate surface area is 160 Å². The zero-order chi connectivity index (χ0) is 19.6. The third kappa shape index (κ3) is 3.98. The molecule has 0 aliphatic heterocycles. The van der Waals surface area contributed by atoms with Gasteiger partial charge in [0.15, 0.2) is 0 Å². The number of aromatic nitrogens is 3. The van der Waals surface area contributed by atoms with Gasteiger partial charge in [0.25, 0.3) is 11.4 Å². The first-order chi connectivity index (χ1) is 12.9. The van der Waals surface area contributed by atoms with E-state index in [2.05, 4.69) is 36.8 Å². The maximum Gasteiger partial charge on any atom is 0.315 e. The second-order valence-corrected chi connectivity index (χ2v) is 6.44. The van der Waals surface area contributed by atoms with Gasteiger partial charge in [-0.3, -0.25) is 4.79 Å². The predicted molar refractivity (Wildman–Crippen MR) is 99.9 cm³/mol. The highest BCUT2D eigenvalue weighted by Crippen LogP contribution is 2.32. The third-order valence-electron chi connectivity index (χ3n) is 3.59. The van der Waals surface area contributed by atoms with Crippen LogP contribution in [0.1, 0.15) is 0 Å². The molecule has 0 saturated carbocycles. The minimum atomic E-state index is -1.10. The first-order valence-electron chi connectivity index (χ1n) is 7.79. The second-order valence-electron chi connectivity index (χ2n) is 5.52. The summed E-state index contributed by atoms with van der Waals surface area (Å²) in [7, 11) is 1.38. The van der Waals surface area contributed by atoms with E-state index in [9.17, 15) is 13.6 Å². The van der Waals surface area contributed by atoms with Crippen LogP contribution in [0.4, 0.5) is 26.2 Å². The van der Waals surface area contributed by atoms with Crippen molar-refractivity contribution >= 4 is 33.3 Å². The van der Waals surface area contributed by atoms with Crippen LogP contribution in [-0.4, -0.2) is 27.9 Å². The lowest BCUT2D eigenvalue weighted by Crippen LogP contribution is -2.22. The smallest absolute Gasteiger partial charge is 0.315 e. The molecular formula is C16H15BrF2N6O2. The highest BCUT2D eigenvalue weighted by atomic mass is 79.9. The van der Waals surface area contributed by atoms with Gasteiger partial charge in [0.1, 0.15) is 5.82 Å². The minimum Gasteiger partial charge on any atom is -0.403 e. The van der Waals surface area contributed by atoms with Gasteiger partial charge in [-0.05, 0) is 18.2 Å². The van der Waals surface area contributed by atoms with Crippen molar-refractivity contribution in [1.82, 2.24) is 14.8 Å². The van der Waals surface area contributed by atoms with Gasteiger partial charge in [-0.15, -0.1) is 5.10 Å². The van der Waals surface area contributed by atoms with E-state index in [0.29, 0.717) is 17.6 Å². The van der Waals surface area contributed by atoms with Crippen LogP contribution in [0.25, 0.3) is 11.5 Å². The van der Waals surface area contributed by atoms with E-state index in [1.54, 1.807) is 6.07 Å². The molecule has 0 spiro atoms. The fourth-order valence-electron chi connectivity index (χ4n) is 2.29. The van der Waals surface area contributed by atoms with Crippen molar-refractivity contribution in [3.8, 4) is 11.5 Å². The summed E-state index contributed by atoms with van der Waals surface area (Å²) in [5.74, 6) is -1.79. The first-order valence-corrected chi connectivity index (χ1v) is 8.59. The SMILES string of the molecule is Cn1cc(-c2nnc(NCCN)o2)c(Nc2ccc(Br)cc2F)c(F)c1=O. The molecule has 27 heavy (non-hydrogen) atoms. The minimum absolute atomic E-state index is 0.0207. The maximum atomic E-state index is 14.7. The van der Waals surface area contributed by atoms with Gasteiger partial charge in [-0.2, -0.15) is 4.39 Å². The molecule has 3 rings (SSSR count). The number of benzene rings is 1. The Morgan fingerprint density at radius 1 is 1.33 bits per heavy atom. The number of rotatable bonds is 6. The maximum absolute atomic E-state index is 14.7. The number of pyridine rings is 1. The molecule has 4 N–H and O–H groups in total. The molecule has 3 aromatic rings. The lowest BCUT2D eigenvalue weighted by atomic mass is 10.2. The molecule has 0 aliphatic rings. The molecule has 0 saturated heterocycles. The van der Waals surface area contributed by atoms with Gasteiger partial charge < -0.3 is 25.4 Å². The van der Waals surface area contributed by atoms with Gasteiger partial charge in [-0.1, -0.05) is 21.0 Å². The first kappa shape index (κ1) is 19.0. The highest BCUT2D eigenvalue weighted by molar-refractivity contribution is 9.10. The Balaban J connectivity index is 2.08. The summed E-state index contributed by atoms with van der Waals surface area (Å²) < 4.78 is 35.8. The fourth-order valence-corrected chi connectivity index (χ4v) is 2.62. The largest absolute Gasteiger partial charge is 0.403 e. The predicted octanol–water partition coefficient (Wildman–Crippen LogP) is 2.59. The topological polar surface area (TPSA) is 111 Å². The van der Waals surface area contributed by atoms with Gasteiger partial charge in [0, 0.05) is 30.8 Å². The fraction of sp³-hybridized carbons (Fsp3) is 0.188. The van der Waals surface area contributed by atoms with Crippen LogP contribution < -0.4 is 21.9 Å². The number of aryl methyl sites for hydroxylation is 1. The van der Waals surface area contributed by atoms with E-state index in [0.717, 1.165) is 4.57 Å². The summed E-state index contributed by atoms with van der Waals surface area (Å²) >= 11 is 3.15. The molecule has 0 fully saturated rings. The molecule has 2 aromatic heterocycles. The molecule has 2 heterocycles. The number of hydrogen-bond donors (Lipinski definition) is 3. The van der Waals surface area contributed by atoms with Crippen LogP contribution in [-0.2, 0) is 7.05 Å². The standard InChI is InChI=1S/C16H15BrF2N6O2/c1-25-7-9(14-23-24-16(27-14)21-5-4-20)13(12(19)15(25)26)22-11-3-2-8(17)6-10(11)18/h2-3,6-7,22H,4-5,20H2,1H3,(H,21,24). The van der Waals surface area contributed by atoms with E-state index in [-0.39, 0.29) is 28.8 Å². The average Bonchev–Trinajstić information content (AvgIpc) is 3.10. The highest BCUT2D eigenvalue weighted by Gasteiger charge is 2.21. The molecule has 0 bridgehead atoms. The number of nitrogens with two attached hydrogens (primary N) is 1. The number of hydrogen-bond acceptors (Lipinski definition) is 7. The van der Waals surface area contributed by atoms with Gasteiger partial charge in [-0.25, -0.2) is 4.39 Å². The Morgan fingerprint density at radius 3 is 2.81 bits per heavy atom. The number of halogens is 3. The molecule has 142 valence electrons. The molecule has 1 aromatic carbocycles. The van der Waals surface area contributed by atoms with E-state index in [1.165, 1.54) is 25.4 Å². The lowest BCUT2D eigenvalue weighted by molar-refractivity contribution is 0.572. The van der Waals surface area contributed by atoms with Crippen molar-refractivity contribution in [2.24, 2.45) is 12.8 Å². The Kier molecular flexibility index (Phi) is 5.51. The van der Waals surface area contributed by atoms with Gasteiger partial charge in [0.2, 0.25) is 5.82 Å². The molecule has 0 unspecified atom stereocenters. The van der Waals surface area contributed by atoms with E-state index >= 15 is 0 Å². The van der Waals surface area contributed by atoms with Gasteiger partial charge in [0.05, 0.1) is 16.9 Å². The zero-order valence-corrected chi connectivity index (χ0v) is 15.7. The van der Waals surface area contributed by atoms with Crippen LogP contribution >= 0.6 is 15.9 Å². The summed E-state index contributed by atoms with van der Waals surface area (Å²) in [5, 5.41) is 13.0. The molecular weight excluding hydrogens is 426 g/mol. The second kappa shape index (κ2) is 7.84. The molecule has 0 radical (unpaired) electrons. The van der Waals surface area contributed by atoms with Crippen molar-refractivity contribution in [3.05, 3.63) is 50.9 Å². The number of nitrogens with zero attached hydrogens (tertiary/aromatic N) is 3. The summed E-state index contributed by atoms with van der Waals surface area (Å²) in [6.07, 6.45) is 1.32. The zero-order valence-electron chi connectivity index (χ0n) is 14.1. The lowest BCUT2D eigenvalue weighted by Gasteiger charge is -2.13. The Morgan fingerprint density at radius 2 is 2.11 bits per heavy atom. The molecule has 0 atom stereocenters. The Bertz CT molecular complexity index is 1040. The molecule has 0 aliphatic carbocycles. The van der Waals surface area contributed by atoms with Crippen molar-refractivity contribution in [2.75, 3.05) is 23.7 Å². The summed E-state index contributed by atoms with van der Waals surface area (Å²) in [6.45, 7) is 0.750. The van der Waals surface area contributed by atoms with E-state index in [4.69, 9.17) is 10.2 Å². The van der Waals surface area contributed by atoms with Crippen molar-refractivity contribution in [3.63, 3.8) is 0 Å². The number of nitrogens with one attached hydrogen (secondary N) is 2. The number of anilines is 3. The summed E-state index contributed by atoms with van der Waals surface area (Å²) in [5.41, 5.74) is 4.32. The van der Waals surface area contributed by atoms with Crippen molar-refractivity contribution < 1.29 is 13.2 Å². The monoisotopic (exact) mass is 440 g/mol. The quantitative estimate of drug-likeness (QED) is 0.539. The average molecular weight is 441 g/mol. The summed E-state index contributed by atoms with van der Waals surface area (Å²) in [6, 6.07) is 4.28. The molecule has 11 heteroatoms. The van der Waals surface area contributed by atoms with Crippen LogP contribution in [0, 0.1) is 11.6 Å². The van der Waals surface area contributed by atoms with Gasteiger partial charge >= 0.3 is 6.01 Å². The summed E-state index contributed by atoms with van der Waals surface area (Å²) in [4.78, 5) is 12.0. The normalized spacial score (nSPS) is 10.9. The van der Waals surface area contributed by atoms with E-state index < -0.39 is 17.2 Å². The van der Waals surface area contributed by atoms with Crippen molar-refractivity contribution in [2.45, 2.75) is 0 Å².